The lowest BCUT2D eigenvalue weighted by Crippen LogP contribution is -2.38. The average molecular weight is 345 g/mol. The van der Waals surface area contributed by atoms with Gasteiger partial charge in [-0.2, -0.15) is 11.8 Å². The Morgan fingerprint density at radius 3 is 2.75 bits per heavy atom. The third-order valence-electron chi connectivity index (χ3n) is 4.06. The number of amides is 1. The van der Waals surface area contributed by atoms with E-state index in [0.29, 0.717) is 5.69 Å². The number of carbonyl (C=O) groups is 1. The molecule has 1 aromatic carbocycles. The van der Waals surface area contributed by atoms with E-state index in [1.165, 1.54) is 5.56 Å². The van der Waals surface area contributed by atoms with E-state index >= 15 is 0 Å². The van der Waals surface area contributed by atoms with Crippen LogP contribution in [0.5, 0.6) is 0 Å². The van der Waals surface area contributed by atoms with Crippen LogP contribution in [0.15, 0.2) is 36.5 Å². The number of carbonyl (C=O) groups excluding carboxylic acids is 1. The molecule has 2 aromatic rings. The summed E-state index contributed by atoms with van der Waals surface area (Å²) in [4.78, 5) is 16.5. The van der Waals surface area contributed by atoms with Crippen LogP contribution < -0.4 is 0 Å². The summed E-state index contributed by atoms with van der Waals surface area (Å²) < 4.78 is 1.76. The van der Waals surface area contributed by atoms with Crippen LogP contribution in [-0.2, 0) is 13.1 Å². The molecule has 1 aliphatic rings. The fraction of sp³-hybridized carbons (Fsp3) is 0.471. The molecule has 0 saturated carbocycles. The third-order valence-corrected chi connectivity index (χ3v) is 5.00. The predicted octanol–water partition coefficient (Wildman–Crippen LogP) is 1.60. The van der Waals surface area contributed by atoms with Gasteiger partial charge in [0.15, 0.2) is 5.69 Å². The normalized spacial score (nSPS) is 15.0. The van der Waals surface area contributed by atoms with Gasteiger partial charge in [-0.25, -0.2) is 0 Å². The first-order valence-corrected chi connectivity index (χ1v) is 9.37. The quantitative estimate of drug-likeness (QED) is 0.796. The molecule has 0 bridgehead atoms. The van der Waals surface area contributed by atoms with Gasteiger partial charge < -0.3 is 9.80 Å². The van der Waals surface area contributed by atoms with Crippen LogP contribution in [-0.4, -0.2) is 68.9 Å². The zero-order chi connectivity index (χ0) is 16.8. The Morgan fingerprint density at radius 2 is 2.00 bits per heavy atom. The first kappa shape index (κ1) is 17.0. The number of hydrogen-bond donors (Lipinski definition) is 0. The predicted molar refractivity (Wildman–Crippen MR) is 96.0 cm³/mol. The largest absolute Gasteiger partial charge is 0.336 e. The van der Waals surface area contributed by atoms with Crippen molar-refractivity contribution in [3.8, 4) is 0 Å². The summed E-state index contributed by atoms with van der Waals surface area (Å²) in [5, 5.41) is 8.15. The lowest BCUT2D eigenvalue weighted by atomic mass is 10.2. The molecule has 1 amide bonds. The Balaban J connectivity index is 1.49. The van der Waals surface area contributed by atoms with Crippen molar-refractivity contribution in [2.45, 2.75) is 13.1 Å². The summed E-state index contributed by atoms with van der Waals surface area (Å²) in [6.07, 6.45) is 1.76. The van der Waals surface area contributed by atoms with Crippen LogP contribution in [0, 0.1) is 0 Å². The Hall–Kier alpha value is -1.86. The van der Waals surface area contributed by atoms with Gasteiger partial charge in [0.25, 0.3) is 5.91 Å². The Bertz CT molecular complexity index is 654. The maximum Gasteiger partial charge on any atom is 0.276 e. The maximum atomic E-state index is 12.4. The molecule has 1 aliphatic heterocycles. The van der Waals surface area contributed by atoms with Gasteiger partial charge in [-0.3, -0.25) is 9.48 Å². The minimum atomic E-state index is -0.000750. The monoisotopic (exact) mass is 345 g/mol. The van der Waals surface area contributed by atoms with Gasteiger partial charge in [0.05, 0.1) is 12.7 Å². The lowest BCUT2D eigenvalue weighted by Gasteiger charge is -2.25. The molecular formula is C17H23N5OS. The molecule has 2 heterocycles. The highest BCUT2D eigenvalue weighted by atomic mass is 32.2. The highest BCUT2D eigenvalue weighted by Crippen LogP contribution is 2.11. The standard InChI is InChI=1S/C17H23N5OS/c1-20(13-15-5-3-2-4-6-15)7-8-22-14-16(18-19-22)17(23)21-9-11-24-12-10-21/h2-6,14H,7-13H2,1H3. The Labute approximate surface area is 146 Å². The fourth-order valence-electron chi connectivity index (χ4n) is 2.68. The number of benzene rings is 1. The first-order valence-electron chi connectivity index (χ1n) is 8.22. The van der Waals surface area contributed by atoms with Crippen molar-refractivity contribution in [2.75, 3.05) is 38.2 Å². The van der Waals surface area contributed by atoms with Gasteiger partial charge in [-0.05, 0) is 12.6 Å². The van der Waals surface area contributed by atoms with Crippen LogP contribution >= 0.6 is 11.8 Å². The molecule has 0 spiro atoms. The minimum Gasteiger partial charge on any atom is -0.336 e. The second-order valence-electron chi connectivity index (χ2n) is 5.99. The van der Waals surface area contributed by atoms with Gasteiger partial charge in [0.1, 0.15) is 0 Å². The van der Waals surface area contributed by atoms with Crippen LogP contribution in [0.1, 0.15) is 16.1 Å². The van der Waals surface area contributed by atoms with Crippen molar-refractivity contribution in [1.82, 2.24) is 24.8 Å². The van der Waals surface area contributed by atoms with Crippen LogP contribution in [0.2, 0.25) is 0 Å². The van der Waals surface area contributed by atoms with Gasteiger partial charge in [-0.15, -0.1) is 5.10 Å². The van der Waals surface area contributed by atoms with E-state index in [9.17, 15) is 4.79 Å². The van der Waals surface area contributed by atoms with E-state index in [1.807, 2.05) is 22.7 Å². The van der Waals surface area contributed by atoms with E-state index in [0.717, 1.165) is 44.2 Å². The SMILES string of the molecule is CN(CCn1cc(C(=O)N2CCSCC2)nn1)Cc1ccccc1. The van der Waals surface area contributed by atoms with E-state index in [4.69, 9.17) is 0 Å². The topological polar surface area (TPSA) is 54.3 Å². The molecule has 0 aliphatic carbocycles. The van der Waals surface area contributed by atoms with Crippen LogP contribution in [0.3, 0.4) is 0 Å². The second-order valence-corrected chi connectivity index (χ2v) is 7.22. The van der Waals surface area contributed by atoms with Gasteiger partial charge in [0, 0.05) is 37.7 Å². The van der Waals surface area contributed by atoms with Crippen molar-refractivity contribution < 1.29 is 4.79 Å². The molecule has 1 aromatic heterocycles. The summed E-state index contributed by atoms with van der Waals surface area (Å²) in [7, 11) is 2.08. The number of hydrogen-bond acceptors (Lipinski definition) is 5. The Kier molecular flexibility index (Phi) is 5.87. The highest BCUT2D eigenvalue weighted by Gasteiger charge is 2.21. The van der Waals surface area contributed by atoms with E-state index in [1.54, 1.807) is 10.9 Å². The van der Waals surface area contributed by atoms with Crippen molar-refractivity contribution in [1.29, 1.82) is 0 Å². The number of aromatic nitrogens is 3. The molecule has 6 nitrogen and oxygen atoms in total. The van der Waals surface area contributed by atoms with Gasteiger partial charge in [0.2, 0.25) is 0 Å². The molecule has 0 N–H and O–H groups in total. The first-order chi connectivity index (χ1) is 11.7. The van der Waals surface area contributed by atoms with E-state index in [2.05, 4.69) is 46.5 Å². The summed E-state index contributed by atoms with van der Waals surface area (Å²) in [6, 6.07) is 10.4. The number of likely N-dealkylation sites (N-methyl/N-ethyl adjacent to an activating group) is 1. The number of nitrogens with zero attached hydrogens (tertiary/aromatic N) is 5. The van der Waals surface area contributed by atoms with Crippen LogP contribution in [0.25, 0.3) is 0 Å². The lowest BCUT2D eigenvalue weighted by molar-refractivity contribution is 0.0766. The molecule has 0 radical (unpaired) electrons. The molecular weight excluding hydrogens is 322 g/mol. The van der Waals surface area contributed by atoms with Crippen molar-refractivity contribution in [3.63, 3.8) is 0 Å². The zero-order valence-electron chi connectivity index (χ0n) is 14.0. The Morgan fingerprint density at radius 1 is 1.25 bits per heavy atom. The van der Waals surface area contributed by atoms with Crippen molar-refractivity contribution >= 4 is 17.7 Å². The second kappa shape index (κ2) is 8.30. The molecule has 0 atom stereocenters. The molecule has 24 heavy (non-hydrogen) atoms. The third kappa shape index (κ3) is 4.58. The molecule has 1 saturated heterocycles. The maximum absolute atomic E-state index is 12.4. The molecule has 3 rings (SSSR count). The summed E-state index contributed by atoms with van der Waals surface area (Å²) in [5.41, 5.74) is 1.74. The van der Waals surface area contributed by atoms with E-state index in [-0.39, 0.29) is 5.91 Å². The van der Waals surface area contributed by atoms with Crippen molar-refractivity contribution in [3.05, 3.63) is 47.8 Å². The average Bonchev–Trinajstić information content (AvgIpc) is 3.10. The number of thioether (sulfide) groups is 1. The smallest absolute Gasteiger partial charge is 0.276 e. The van der Waals surface area contributed by atoms with E-state index < -0.39 is 0 Å². The molecule has 0 unspecified atom stereocenters. The van der Waals surface area contributed by atoms with Crippen molar-refractivity contribution in [2.24, 2.45) is 0 Å². The molecule has 128 valence electrons. The summed E-state index contributed by atoms with van der Waals surface area (Å²) in [6.45, 7) is 4.07. The minimum absolute atomic E-state index is 0.000750. The molecule has 7 heteroatoms. The number of rotatable bonds is 6. The molecule has 1 fully saturated rings. The van der Waals surface area contributed by atoms with Gasteiger partial charge in [-0.1, -0.05) is 35.5 Å². The van der Waals surface area contributed by atoms with Gasteiger partial charge >= 0.3 is 0 Å². The fourth-order valence-corrected chi connectivity index (χ4v) is 3.58. The highest BCUT2D eigenvalue weighted by molar-refractivity contribution is 7.99. The zero-order valence-corrected chi connectivity index (χ0v) is 14.8. The van der Waals surface area contributed by atoms with Crippen LogP contribution in [0.4, 0.5) is 0 Å². The summed E-state index contributed by atoms with van der Waals surface area (Å²) >= 11 is 1.89. The summed E-state index contributed by atoms with van der Waals surface area (Å²) in [5.74, 6) is 2.01.